The molecule has 0 unspecified atom stereocenters. The topological polar surface area (TPSA) is 55.1 Å². The molecular formula is C30H31N5S. The largest absolute Gasteiger partial charge is 0.352 e. The van der Waals surface area contributed by atoms with Crippen LogP contribution in [-0.4, -0.2) is 25.8 Å². The summed E-state index contributed by atoms with van der Waals surface area (Å²) in [6.45, 7) is 2.02. The molecule has 182 valence electrons. The van der Waals surface area contributed by atoms with Crippen molar-refractivity contribution >= 4 is 36.2 Å². The Morgan fingerprint density at radius 1 is 0.944 bits per heavy atom. The van der Waals surface area contributed by atoms with E-state index in [4.69, 9.17) is 22.6 Å². The van der Waals surface area contributed by atoms with Gasteiger partial charge >= 0.3 is 0 Å². The van der Waals surface area contributed by atoms with Crippen LogP contribution in [-0.2, 0) is 0 Å². The first-order valence-corrected chi connectivity index (χ1v) is 13.4. The van der Waals surface area contributed by atoms with Crippen molar-refractivity contribution in [2.45, 2.75) is 56.7 Å². The van der Waals surface area contributed by atoms with Gasteiger partial charge in [0.25, 0.3) is 0 Å². The molecule has 1 N–H and O–H groups in total. The maximum atomic E-state index is 5.30. The average molecular weight is 494 g/mol. The van der Waals surface area contributed by atoms with E-state index in [2.05, 4.69) is 75.6 Å². The van der Waals surface area contributed by atoms with Crippen LogP contribution in [0.25, 0.3) is 29.2 Å². The van der Waals surface area contributed by atoms with Crippen LogP contribution in [0.1, 0.15) is 44.2 Å². The molecule has 36 heavy (non-hydrogen) atoms. The van der Waals surface area contributed by atoms with Gasteiger partial charge < -0.3 is 9.88 Å². The fourth-order valence-corrected chi connectivity index (χ4v) is 5.56. The highest BCUT2D eigenvalue weighted by molar-refractivity contribution is 7.80. The Bertz CT molecular complexity index is 1550. The molecule has 2 heterocycles. The van der Waals surface area contributed by atoms with Crippen LogP contribution in [0.3, 0.4) is 0 Å². The van der Waals surface area contributed by atoms with Crippen molar-refractivity contribution < 1.29 is 0 Å². The van der Waals surface area contributed by atoms with E-state index >= 15 is 0 Å². The Morgan fingerprint density at radius 2 is 1.75 bits per heavy atom. The highest BCUT2D eigenvalue weighted by atomic mass is 32.1. The highest BCUT2D eigenvalue weighted by Gasteiger charge is 2.20. The Labute approximate surface area is 217 Å². The molecule has 0 radical (unpaired) electrons. The first-order chi connectivity index (χ1) is 17.7. The smallest absolute Gasteiger partial charge is 0.0900 e. The second-order valence-electron chi connectivity index (χ2n) is 9.75. The van der Waals surface area contributed by atoms with Crippen LogP contribution in [0.4, 0.5) is 11.4 Å². The Hall–Kier alpha value is -3.38. The molecular weight excluding hydrogens is 462 g/mol. The zero-order valence-corrected chi connectivity index (χ0v) is 21.5. The van der Waals surface area contributed by atoms with Crippen molar-refractivity contribution in [1.29, 1.82) is 0 Å². The van der Waals surface area contributed by atoms with Crippen molar-refractivity contribution in [2.24, 2.45) is 4.99 Å². The Morgan fingerprint density at radius 3 is 2.56 bits per heavy atom. The predicted molar refractivity (Wildman–Crippen MR) is 150 cm³/mol. The number of rotatable bonds is 4. The summed E-state index contributed by atoms with van der Waals surface area (Å²) in [7, 11) is 0. The number of aromatic nitrogens is 3. The number of aryl methyl sites for hydroxylation is 1. The summed E-state index contributed by atoms with van der Waals surface area (Å²) in [4.78, 5) is 14.9. The minimum Gasteiger partial charge on any atom is -0.352 e. The molecule has 1 saturated carbocycles. The molecule has 0 spiro atoms. The molecule has 1 aromatic heterocycles. The predicted octanol–water partition coefficient (Wildman–Crippen LogP) is 4.92. The fourth-order valence-electron chi connectivity index (χ4n) is 5.26. The zero-order valence-electron chi connectivity index (χ0n) is 20.6. The lowest BCUT2D eigenvalue weighted by atomic mass is 9.95. The van der Waals surface area contributed by atoms with Gasteiger partial charge in [-0.05, 0) is 81.8 Å². The van der Waals surface area contributed by atoms with Crippen molar-refractivity contribution in [3.8, 4) is 17.1 Å². The third-order valence-corrected chi connectivity index (χ3v) is 7.72. The van der Waals surface area contributed by atoms with Crippen LogP contribution < -0.4 is 21.4 Å². The summed E-state index contributed by atoms with van der Waals surface area (Å²) in [5, 5.41) is 7.29. The number of nitrogens with zero attached hydrogens (tertiary/aromatic N) is 4. The number of thiol groups is 1. The lowest BCUT2D eigenvalue weighted by Gasteiger charge is -2.23. The number of hydrogen-bond donors (Lipinski definition) is 2. The van der Waals surface area contributed by atoms with E-state index in [9.17, 15) is 0 Å². The van der Waals surface area contributed by atoms with Gasteiger partial charge in [0.1, 0.15) is 0 Å². The van der Waals surface area contributed by atoms with Gasteiger partial charge in [-0.3, -0.25) is 9.98 Å². The third-order valence-electron chi connectivity index (χ3n) is 7.20. The SMILES string of the molecule is Cc1ncccc1Nc1cc2nc3c(n(-c4ccccc4)c-2cc1=NC1CCC(S)CC1)=CCCC=3. The number of fused-ring (bicyclic) bond motifs is 2. The summed E-state index contributed by atoms with van der Waals surface area (Å²) in [5.74, 6) is 0. The van der Waals surface area contributed by atoms with Crippen LogP contribution in [0.15, 0.2) is 65.8 Å². The summed E-state index contributed by atoms with van der Waals surface area (Å²) in [6.07, 6.45) is 12.8. The lowest BCUT2D eigenvalue weighted by molar-refractivity contribution is 0.448. The van der Waals surface area contributed by atoms with Crippen molar-refractivity contribution in [2.75, 3.05) is 5.32 Å². The maximum Gasteiger partial charge on any atom is 0.0900 e. The molecule has 0 atom stereocenters. The van der Waals surface area contributed by atoms with Crippen LogP contribution >= 0.6 is 12.6 Å². The number of nitrogens with one attached hydrogen (secondary N) is 1. The van der Waals surface area contributed by atoms with Gasteiger partial charge in [-0.1, -0.05) is 30.4 Å². The van der Waals surface area contributed by atoms with Gasteiger partial charge in [-0.15, -0.1) is 0 Å². The van der Waals surface area contributed by atoms with Gasteiger partial charge in [0, 0.05) is 17.1 Å². The molecule has 1 aliphatic heterocycles. The monoisotopic (exact) mass is 493 g/mol. The normalized spacial score (nSPS) is 19.9. The quantitative estimate of drug-likeness (QED) is 0.397. The van der Waals surface area contributed by atoms with Crippen molar-refractivity contribution in [1.82, 2.24) is 14.5 Å². The molecule has 6 rings (SSSR count). The molecule has 3 aliphatic carbocycles. The maximum absolute atomic E-state index is 5.30. The molecule has 6 heteroatoms. The molecule has 0 bridgehead atoms. The van der Waals surface area contributed by atoms with Gasteiger partial charge in [0.05, 0.1) is 50.6 Å². The molecule has 4 aliphatic rings. The summed E-state index contributed by atoms with van der Waals surface area (Å²) >= 11 is 4.70. The van der Waals surface area contributed by atoms with E-state index < -0.39 is 0 Å². The summed E-state index contributed by atoms with van der Waals surface area (Å²) in [5.41, 5.74) is 6.07. The van der Waals surface area contributed by atoms with E-state index in [1.165, 1.54) is 0 Å². The van der Waals surface area contributed by atoms with Crippen LogP contribution in [0.5, 0.6) is 0 Å². The van der Waals surface area contributed by atoms with Gasteiger partial charge in [0.2, 0.25) is 0 Å². The minimum atomic E-state index is 0.303. The van der Waals surface area contributed by atoms with Gasteiger partial charge in [-0.2, -0.15) is 12.6 Å². The standard InChI is InChI=1S/C30H31N5S/c1-20-24(11-7-17-31-20)33-26-18-28-30(19-27(26)32-21-13-15-23(36)16-14-21)35(22-8-3-2-4-9-22)29-12-6-5-10-25(29)34-28/h2-4,7-12,17-19,21,23,33,36H,5-6,13-16H2,1H3. The molecule has 2 aromatic rings. The van der Waals surface area contributed by atoms with E-state index in [-0.39, 0.29) is 0 Å². The Balaban J connectivity index is 1.61. The third kappa shape index (κ3) is 4.58. The molecule has 1 fully saturated rings. The first-order valence-electron chi connectivity index (χ1n) is 12.9. The Kier molecular flexibility index (Phi) is 6.36. The molecule has 0 amide bonds. The second kappa shape index (κ2) is 9.94. The summed E-state index contributed by atoms with van der Waals surface area (Å²) < 4.78 is 2.34. The zero-order chi connectivity index (χ0) is 24.5. The molecule has 1 aromatic carbocycles. The molecule has 0 saturated heterocycles. The number of pyridine rings is 1. The molecule has 5 nitrogen and oxygen atoms in total. The van der Waals surface area contributed by atoms with Gasteiger partial charge in [-0.25, -0.2) is 4.98 Å². The highest BCUT2D eigenvalue weighted by Crippen LogP contribution is 2.27. The van der Waals surface area contributed by atoms with E-state index in [1.807, 2.05) is 19.2 Å². The number of hydrogen-bond acceptors (Lipinski definition) is 5. The number of para-hydroxylation sites is 1. The van der Waals surface area contributed by atoms with Crippen molar-refractivity contribution in [3.05, 3.63) is 82.5 Å². The lowest BCUT2D eigenvalue weighted by Crippen LogP contribution is -2.40. The van der Waals surface area contributed by atoms with E-state index in [0.29, 0.717) is 11.3 Å². The number of benzene rings is 2. The average Bonchev–Trinajstić information content (AvgIpc) is 2.91. The number of anilines is 2. The van der Waals surface area contributed by atoms with Crippen LogP contribution in [0.2, 0.25) is 0 Å². The summed E-state index contributed by atoms with van der Waals surface area (Å²) in [6, 6.07) is 19.3. The van der Waals surface area contributed by atoms with E-state index in [0.717, 1.165) is 88.7 Å². The van der Waals surface area contributed by atoms with E-state index in [1.54, 1.807) is 0 Å². The minimum absolute atomic E-state index is 0.303. The van der Waals surface area contributed by atoms with Crippen LogP contribution in [0, 0.1) is 6.92 Å². The van der Waals surface area contributed by atoms with Gasteiger partial charge in [0.15, 0.2) is 0 Å². The second-order valence-corrected chi connectivity index (χ2v) is 10.5. The first kappa shape index (κ1) is 23.0. The van der Waals surface area contributed by atoms with Crippen molar-refractivity contribution in [3.63, 3.8) is 0 Å². The fraction of sp³-hybridized carbons (Fsp3) is 0.300.